The molecule has 0 amide bonds. The normalized spacial score (nSPS) is 44.9. The van der Waals surface area contributed by atoms with Crippen molar-refractivity contribution in [2.75, 3.05) is 6.61 Å². The van der Waals surface area contributed by atoms with E-state index in [4.69, 9.17) is 5.11 Å². The average molecular weight is 182 g/mol. The van der Waals surface area contributed by atoms with Crippen molar-refractivity contribution in [1.82, 2.24) is 0 Å². The maximum atomic E-state index is 11.4. The highest BCUT2D eigenvalue weighted by molar-refractivity contribution is 5.80. The number of ketones is 1. The highest BCUT2D eigenvalue weighted by Crippen LogP contribution is 2.49. The summed E-state index contributed by atoms with van der Waals surface area (Å²) in [6, 6.07) is 0. The van der Waals surface area contributed by atoms with E-state index in [1.54, 1.807) is 0 Å². The first kappa shape index (κ1) is 9.20. The zero-order valence-corrected chi connectivity index (χ0v) is 8.25. The summed E-state index contributed by atoms with van der Waals surface area (Å²) in [6.07, 6.45) is 4.84. The molecule has 2 nitrogen and oxygen atoms in total. The third kappa shape index (κ3) is 1.78. The Balaban J connectivity index is 2.12. The summed E-state index contributed by atoms with van der Waals surface area (Å²) in [7, 11) is 0. The Kier molecular flexibility index (Phi) is 2.18. The van der Waals surface area contributed by atoms with Gasteiger partial charge in [-0.1, -0.05) is 6.92 Å². The number of fused-ring (bicyclic) bond motifs is 2. The van der Waals surface area contributed by atoms with Gasteiger partial charge in [-0.15, -0.1) is 0 Å². The van der Waals surface area contributed by atoms with E-state index in [1.807, 2.05) is 0 Å². The number of hydrogen-bond donors (Lipinski definition) is 1. The molecule has 1 N–H and O–H groups in total. The molecule has 2 aliphatic carbocycles. The van der Waals surface area contributed by atoms with Gasteiger partial charge in [0.15, 0.2) is 0 Å². The van der Waals surface area contributed by atoms with Gasteiger partial charge in [-0.3, -0.25) is 4.79 Å². The standard InChI is InChI=1S/C11H18O2/c1-11-4-8(3-10(13)6-11)2-9(5-11)7-12/h8-9,12H,2-7H2,1H3. The minimum Gasteiger partial charge on any atom is -0.396 e. The van der Waals surface area contributed by atoms with E-state index >= 15 is 0 Å². The molecule has 0 radical (unpaired) electrons. The lowest BCUT2D eigenvalue weighted by molar-refractivity contribution is -0.128. The summed E-state index contributed by atoms with van der Waals surface area (Å²) in [5, 5.41) is 9.14. The van der Waals surface area contributed by atoms with Crippen molar-refractivity contribution in [3.8, 4) is 0 Å². The summed E-state index contributed by atoms with van der Waals surface area (Å²) in [4.78, 5) is 11.4. The SMILES string of the molecule is CC12CC(=O)CC(CC(CO)C1)C2. The largest absolute Gasteiger partial charge is 0.396 e. The molecule has 13 heavy (non-hydrogen) atoms. The van der Waals surface area contributed by atoms with Crippen LogP contribution in [0, 0.1) is 17.3 Å². The molecule has 2 saturated carbocycles. The lowest BCUT2D eigenvalue weighted by atomic mass is 9.60. The summed E-state index contributed by atoms with van der Waals surface area (Å²) >= 11 is 0. The van der Waals surface area contributed by atoms with E-state index in [0.717, 1.165) is 25.7 Å². The summed E-state index contributed by atoms with van der Waals surface area (Å²) < 4.78 is 0. The first-order valence-corrected chi connectivity index (χ1v) is 5.24. The van der Waals surface area contributed by atoms with Crippen LogP contribution in [0.15, 0.2) is 0 Å². The number of rotatable bonds is 1. The van der Waals surface area contributed by atoms with E-state index in [9.17, 15) is 4.79 Å². The molecule has 0 spiro atoms. The van der Waals surface area contributed by atoms with Gasteiger partial charge in [-0.2, -0.15) is 0 Å². The van der Waals surface area contributed by atoms with Gasteiger partial charge in [-0.05, 0) is 36.5 Å². The van der Waals surface area contributed by atoms with Crippen molar-refractivity contribution in [3.63, 3.8) is 0 Å². The first-order chi connectivity index (χ1) is 6.11. The molecule has 0 aliphatic heterocycles. The topological polar surface area (TPSA) is 37.3 Å². The van der Waals surface area contributed by atoms with Gasteiger partial charge in [0, 0.05) is 19.4 Å². The van der Waals surface area contributed by atoms with Crippen LogP contribution in [0.3, 0.4) is 0 Å². The van der Waals surface area contributed by atoms with Crippen LogP contribution in [0.4, 0.5) is 0 Å². The summed E-state index contributed by atoms with van der Waals surface area (Å²) in [5.74, 6) is 1.46. The highest BCUT2D eigenvalue weighted by Gasteiger charge is 2.42. The van der Waals surface area contributed by atoms with Gasteiger partial charge < -0.3 is 5.11 Å². The molecule has 74 valence electrons. The van der Waals surface area contributed by atoms with Crippen molar-refractivity contribution >= 4 is 5.78 Å². The van der Waals surface area contributed by atoms with Crippen molar-refractivity contribution in [2.45, 2.75) is 39.0 Å². The Morgan fingerprint density at radius 2 is 2.31 bits per heavy atom. The van der Waals surface area contributed by atoms with Gasteiger partial charge in [0.25, 0.3) is 0 Å². The molecule has 0 heterocycles. The van der Waals surface area contributed by atoms with E-state index in [0.29, 0.717) is 24.2 Å². The van der Waals surface area contributed by atoms with Crippen molar-refractivity contribution in [1.29, 1.82) is 0 Å². The number of aliphatic hydroxyl groups is 1. The average Bonchev–Trinajstić information content (AvgIpc) is 1.99. The quantitative estimate of drug-likeness (QED) is 0.671. The summed E-state index contributed by atoms with van der Waals surface area (Å²) in [6.45, 7) is 2.51. The smallest absolute Gasteiger partial charge is 0.133 e. The van der Waals surface area contributed by atoms with E-state index in [-0.39, 0.29) is 5.41 Å². The monoisotopic (exact) mass is 182 g/mol. The molecular formula is C11H18O2. The van der Waals surface area contributed by atoms with Crippen LogP contribution >= 0.6 is 0 Å². The second-order valence-corrected chi connectivity index (χ2v) is 5.29. The third-order valence-corrected chi connectivity index (χ3v) is 3.63. The van der Waals surface area contributed by atoms with E-state index in [1.165, 1.54) is 6.42 Å². The van der Waals surface area contributed by atoms with Gasteiger partial charge in [-0.25, -0.2) is 0 Å². The molecule has 3 atom stereocenters. The van der Waals surface area contributed by atoms with Gasteiger partial charge in [0.1, 0.15) is 5.78 Å². The van der Waals surface area contributed by atoms with Crippen LogP contribution in [0.2, 0.25) is 0 Å². The van der Waals surface area contributed by atoms with E-state index < -0.39 is 0 Å². The third-order valence-electron chi connectivity index (χ3n) is 3.63. The maximum absolute atomic E-state index is 11.4. The molecule has 2 rings (SSSR count). The Hall–Kier alpha value is -0.370. The molecule has 0 saturated heterocycles. The Morgan fingerprint density at radius 1 is 1.54 bits per heavy atom. The van der Waals surface area contributed by atoms with Crippen LogP contribution in [0.1, 0.15) is 39.0 Å². The van der Waals surface area contributed by atoms with Crippen molar-refractivity contribution < 1.29 is 9.90 Å². The van der Waals surface area contributed by atoms with Crippen LogP contribution < -0.4 is 0 Å². The van der Waals surface area contributed by atoms with Crippen molar-refractivity contribution in [3.05, 3.63) is 0 Å². The minimum absolute atomic E-state index is 0.214. The molecule has 2 fully saturated rings. The molecule has 2 aliphatic rings. The molecular weight excluding hydrogens is 164 g/mol. The van der Waals surface area contributed by atoms with E-state index in [2.05, 4.69) is 6.92 Å². The van der Waals surface area contributed by atoms with Gasteiger partial charge in [0.05, 0.1) is 0 Å². The molecule has 2 bridgehead atoms. The lowest BCUT2D eigenvalue weighted by Crippen LogP contribution is -2.39. The molecule has 0 aromatic heterocycles. The molecule has 2 heteroatoms. The lowest BCUT2D eigenvalue weighted by Gasteiger charge is -2.45. The minimum atomic E-state index is 0.214. The van der Waals surface area contributed by atoms with Crippen LogP contribution in [0.5, 0.6) is 0 Å². The van der Waals surface area contributed by atoms with Gasteiger partial charge in [0.2, 0.25) is 0 Å². The fourth-order valence-electron chi connectivity index (χ4n) is 3.42. The number of hydrogen-bond acceptors (Lipinski definition) is 2. The predicted molar refractivity (Wildman–Crippen MR) is 50.3 cm³/mol. The molecule has 0 aromatic carbocycles. The Bertz CT molecular complexity index is 224. The molecule has 3 unspecified atom stereocenters. The maximum Gasteiger partial charge on any atom is 0.133 e. The van der Waals surface area contributed by atoms with Gasteiger partial charge >= 0.3 is 0 Å². The Labute approximate surface area is 79.3 Å². The van der Waals surface area contributed by atoms with Crippen LogP contribution in [0.25, 0.3) is 0 Å². The number of aliphatic hydroxyl groups excluding tert-OH is 1. The predicted octanol–water partition coefficient (Wildman–Crippen LogP) is 1.76. The zero-order chi connectivity index (χ0) is 9.47. The number of Topliss-reactive ketones (excluding diaryl/α,β-unsaturated/α-hetero) is 1. The second kappa shape index (κ2) is 3.09. The summed E-state index contributed by atoms with van der Waals surface area (Å²) in [5.41, 5.74) is 0.214. The second-order valence-electron chi connectivity index (χ2n) is 5.29. The van der Waals surface area contributed by atoms with Crippen molar-refractivity contribution in [2.24, 2.45) is 17.3 Å². The Morgan fingerprint density at radius 3 is 2.92 bits per heavy atom. The highest BCUT2D eigenvalue weighted by atomic mass is 16.3. The molecule has 0 aromatic rings. The first-order valence-electron chi connectivity index (χ1n) is 5.24. The fraction of sp³-hybridized carbons (Fsp3) is 0.909. The fourth-order valence-corrected chi connectivity index (χ4v) is 3.42. The number of carbonyl (C=O) groups is 1. The van der Waals surface area contributed by atoms with Crippen LogP contribution in [-0.2, 0) is 4.79 Å². The number of carbonyl (C=O) groups excluding carboxylic acids is 1. The van der Waals surface area contributed by atoms with Crippen LogP contribution in [-0.4, -0.2) is 17.5 Å². The zero-order valence-electron chi connectivity index (χ0n) is 8.25.